The molecule has 0 aliphatic heterocycles. The molecule has 0 aliphatic carbocycles. The zero-order valence-electron chi connectivity index (χ0n) is 9.70. The SMILES string of the molecule is Cc1ccc(CNc2cccnc2C)cc1. The van der Waals surface area contributed by atoms with Gasteiger partial charge in [-0.2, -0.15) is 0 Å². The van der Waals surface area contributed by atoms with E-state index in [-0.39, 0.29) is 0 Å². The number of aryl methyl sites for hydroxylation is 2. The molecule has 0 spiro atoms. The summed E-state index contributed by atoms with van der Waals surface area (Å²) >= 11 is 0. The minimum atomic E-state index is 0.840. The summed E-state index contributed by atoms with van der Waals surface area (Å²) in [6.45, 7) is 4.95. The van der Waals surface area contributed by atoms with Crippen LogP contribution in [0.2, 0.25) is 0 Å². The van der Waals surface area contributed by atoms with Crippen LogP contribution in [0.5, 0.6) is 0 Å². The second-order valence-corrected chi connectivity index (χ2v) is 3.98. The molecule has 0 amide bonds. The zero-order chi connectivity index (χ0) is 11.4. The highest BCUT2D eigenvalue weighted by Crippen LogP contribution is 2.12. The van der Waals surface area contributed by atoms with Crippen LogP contribution < -0.4 is 5.32 Å². The molecule has 2 rings (SSSR count). The molecule has 82 valence electrons. The van der Waals surface area contributed by atoms with Gasteiger partial charge in [-0.05, 0) is 31.5 Å². The fourth-order valence-corrected chi connectivity index (χ4v) is 1.57. The molecule has 16 heavy (non-hydrogen) atoms. The van der Waals surface area contributed by atoms with E-state index in [1.54, 1.807) is 0 Å². The Bertz CT molecular complexity index is 460. The van der Waals surface area contributed by atoms with Gasteiger partial charge in [0.1, 0.15) is 0 Å². The lowest BCUT2D eigenvalue weighted by atomic mass is 10.1. The van der Waals surface area contributed by atoms with Crippen LogP contribution in [0.1, 0.15) is 16.8 Å². The molecule has 0 unspecified atom stereocenters. The summed E-state index contributed by atoms with van der Waals surface area (Å²) in [6.07, 6.45) is 1.81. The number of hydrogen-bond acceptors (Lipinski definition) is 2. The molecular formula is C14H16N2. The van der Waals surface area contributed by atoms with Gasteiger partial charge in [0.05, 0.1) is 11.4 Å². The van der Waals surface area contributed by atoms with Crippen molar-refractivity contribution in [1.82, 2.24) is 4.98 Å². The van der Waals surface area contributed by atoms with E-state index in [0.717, 1.165) is 17.9 Å². The van der Waals surface area contributed by atoms with Crippen molar-refractivity contribution in [3.8, 4) is 0 Å². The maximum atomic E-state index is 4.24. The van der Waals surface area contributed by atoms with Gasteiger partial charge in [0.15, 0.2) is 0 Å². The Balaban J connectivity index is 2.02. The minimum absolute atomic E-state index is 0.840. The Morgan fingerprint density at radius 1 is 1.06 bits per heavy atom. The third-order valence-electron chi connectivity index (χ3n) is 2.61. The lowest BCUT2D eigenvalue weighted by molar-refractivity contribution is 1.11. The summed E-state index contributed by atoms with van der Waals surface area (Å²) in [6, 6.07) is 12.6. The smallest absolute Gasteiger partial charge is 0.0603 e. The third kappa shape index (κ3) is 2.60. The number of rotatable bonds is 3. The predicted octanol–water partition coefficient (Wildman–Crippen LogP) is 3.31. The molecule has 0 atom stereocenters. The normalized spacial score (nSPS) is 10.1. The number of nitrogens with one attached hydrogen (secondary N) is 1. The highest BCUT2D eigenvalue weighted by molar-refractivity contribution is 5.47. The summed E-state index contributed by atoms with van der Waals surface area (Å²) in [7, 11) is 0. The number of benzene rings is 1. The standard InChI is InChI=1S/C14H16N2/c1-11-5-7-13(8-6-11)10-16-14-4-3-9-15-12(14)2/h3-9,16H,10H2,1-2H3. The molecule has 0 saturated heterocycles. The largest absolute Gasteiger partial charge is 0.380 e. The van der Waals surface area contributed by atoms with E-state index in [4.69, 9.17) is 0 Å². The van der Waals surface area contributed by atoms with Gasteiger partial charge in [-0.15, -0.1) is 0 Å². The lowest BCUT2D eigenvalue weighted by Gasteiger charge is -2.08. The van der Waals surface area contributed by atoms with Gasteiger partial charge in [-0.1, -0.05) is 29.8 Å². The Morgan fingerprint density at radius 2 is 1.81 bits per heavy atom. The number of aromatic nitrogens is 1. The van der Waals surface area contributed by atoms with E-state index in [0.29, 0.717) is 0 Å². The van der Waals surface area contributed by atoms with Crippen LogP contribution in [0.15, 0.2) is 42.6 Å². The average molecular weight is 212 g/mol. The Labute approximate surface area is 96.4 Å². The third-order valence-corrected chi connectivity index (χ3v) is 2.61. The molecule has 2 nitrogen and oxygen atoms in total. The Hall–Kier alpha value is -1.83. The predicted molar refractivity (Wildman–Crippen MR) is 67.5 cm³/mol. The molecule has 1 heterocycles. The van der Waals surface area contributed by atoms with Crippen molar-refractivity contribution in [1.29, 1.82) is 0 Å². The minimum Gasteiger partial charge on any atom is -0.380 e. The van der Waals surface area contributed by atoms with Crippen LogP contribution in [0.25, 0.3) is 0 Å². The highest BCUT2D eigenvalue weighted by Gasteiger charge is 1.97. The van der Waals surface area contributed by atoms with Crippen LogP contribution in [-0.4, -0.2) is 4.98 Å². The van der Waals surface area contributed by atoms with Crippen molar-refractivity contribution in [3.05, 3.63) is 59.4 Å². The van der Waals surface area contributed by atoms with Gasteiger partial charge in [0.25, 0.3) is 0 Å². The monoisotopic (exact) mass is 212 g/mol. The lowest BCUT2D eigenvalue weighted by Crippen LogP contribution is -2.01. The number of hydrogen-bond donors (Lipinski definition) is 1. The van der Waals surface area contributed by atoms with E-state index in [1.165, 1.54) is 11.1 Å². The number of anilines is 1. The van der Waals surface area contributed by atoms with Gasteiger partial charge >= 0.3 is 0 Å². The summed E-state index contributed by atoms with van der Waals surface area (Å²) < 4.78 is 0. The van der Waals surface area contributed by atoms with Crippen molar-refractivity contribution >= 4 is 5.69 Å². The van der Waals surface area contributed by atoms with Gasteiger partial charge in [-0.25, -0.2) is 0 Å². The molecule has 0 radical (unpaired) electrons. The molecule has 0 fully saturated rings. The first-order chi connectivity index (χ1) is 7.75. The van der Waals surface area contributed by atoms with E-state index < -0.39 is 0 Å². The fraction of sp³-hybridized carbons (Fsp3) is 0.214. The summed E-state index contributed by atoms with van der Waals surface area (Å²) in [5.74, 6) is 0. The molecule has 1 aromatic carbocycles. The molecule has 1 N–H and O–H groups in total. The number of pyridine rings is 1. The van der Waals surface area contributed by atoms with E-state index in [9.17, 15) is 0 Å². The van der Waals surface area contributed by atoms with Crippen molar-refractivity contribution in [2.45, 2.75) is 20.4 Å². The first-order valence-corrected chi connectivity index (χ1v) is 5.47. The van der Waals surface area contributed by atoms with Gasteiger partial charge < -0.3 is 5.32 Å². The van der Waals surface area contributed by atoms with E-state index in [2.05, 4.69) is 47.6 Å². The molecule has 1 aromatic heterocycles. The van der Waals surface area contributed by atoms with Gasteiger partial charge in [0.2, 0.25) is 0 Å². The van der Waals surface area contributed by atoms with Gasteiger partial charge in [-0.3, -0.25) is 4.98 Å². The highest BCUT2D eigenvalue weighted by atomic mass is 14.9. The van der Waals surface area contributed by atoms with Crippen molar-refractivity contribution in [3.63, 3.8) is 0 Å². The molecule has 0 bridgehead atoms. The van der Waals surface area contributed by atoms with E-state index in [1.807, 2.05) is 19.2 Å². The van der Waals surface area contributed by atoms with Crippen molar-refractivity contribution in [2.75, 3.05) is 5.32 Å². The Kier molecular flexibility index (Phi) is 3.20. The molecule has 2 aromatic rings. The summed E-state index contributed by atoms with van der Waals surface area (Å²) in [4.78, 5) is 4.24. The Morgan fingerprint density at radius 3 is 2.50 bits per heavy atom. The average Bonchev–Trinajstić information content (AvgIpc) is 2.30. The van der Waals surface area contributed by atoms with Crippen LogP contribution >= 0.6 is 0 Å². The van der Waals surface area contributed by atoms with Crippen LogP contribution in [0, 0.1) is 13.8 Å². The van der Waals surface area contributed by atoms with Crippen molar-refractivity contribution in [2.24, 2.45) is 0 Å². The van der Waals surface area contributed by atoms with Crippen LogP contribution in [-0.2, 0) is 6.54 Å². The maximum Gasteiger partial charge on any atom is 0.0603 e. The van der Waals surface area contributed by atoms with Gasteiger partial charge in [0, 0.05) is 12.7 Å². The molecule has 0 saturated carbocycles. The molecular weight excluding hydrogens is 196 g/mol. The molecule has 0 aliphatic rings. The fourth-order valence-electron chi connectivity index (χ4n) is 1.57. The van der Waals surface area contributed by atoms with Crippen LogP contribution in [0.3, 0.4) is 0 Å². The maximum absolute atomic E-state index is 4.24. The number of nitrogens with zero attached hydrogens (tertiary/aromatic N) is 1. The first-order valence-electron chi connectivity index (χ1n) is 5.47. The van der Waals surface area contributed by atoms with Crippen LogP contribution in [0.4, 0.5) is 5.69 Å². The first kappa shape index (κ1) is 10.7. The summed E-state index contributed by atoms with van der Waals surface area (Å²) in [5, 5.41) is 3.39. The second-order valence-electron chi connectivity index (χ2n) is 3.98. The second kappa shape index (κ2) is 4.79. The quantitative estimate of drug-likeness (QED) is 0.844. The topological polar surface area (TPSA) is 24.9 Å². The molecule has 2 heteroatoms. The van der Waals surface area contributed by atoms with E-state index >= 15 is 0 Å². The summed E-state index contributed by atoms with van der Waals surface area (Å²) in [5.41, 5.74) is 4.72. The zero-order valence-corrected chi connectivity index (χ0v) is 9.70. The van der Waals surface area contributed by atoms with Crippen molar-refractivity contribution < 1.29 is 0 Å².